The molecule has 0 bridgehead atoms. The number of hydrogen-bond acceptors (Lipinski definition) is 3. The van der Waals surface area contributed by atoms with Gasteiger partial charge in [0, 0.05) is 18.5 Å². The molecule has 1 aliphatic heterocycles. The highest BCUT2D eigenvalue weighted by Crippen LogP contribution is 2.36. The van der Waals surface area contributed by atoms with Crippen LogP contribution in [0.15, 0.2) is 21.1 Å². The summed E-state index contributed by atoms with van der Waals surface area (Å²) in [7, 11) is 0. The molecule has 0 aliphatic carbocycles. The van der Waals surface area contributed by atoms with Gasteiger partial charge in [-0.2, -0.15) is 0 Å². The van der Waals surface area contributed by atoms with E-state index in [0.29, 0.717) is 6.61 Å². The van der Waals surface area contributed by atoms with E-state index >= 15 is 0 Å². The van der Waals surface area contributed by atoms with Gasteiger partial charge in [-0.3, -0.25) is 0 Å². The summed E-state index contributed by atoms with van der Waals surface area (Å²) in [6.07, 6.45) is 1.10. The summed E-state index contributed by atoms with van der Waals surface area (Å²) in [6, 6.07) is 4.21. The van der Waals surface area contributed by atoms with Crippen LogP contribution in [0.2, 0.25) is 0 Å². The number of rotatable bonds is 4. The van der Waals surface area contributed by atoms with Crippen LogP contribution in [0.25, 0.3) is 0 Å². The lowest BCUT2D eigenvalue weighted by Gasteiger charge is -2.21. The zero-order chi connectivity index (χ0) is 14.8. The lowest BCUT2D eigenvalue weighted by atomic mass is 10.1. The molecule has 0 spiro atoms. The van der Waals surface area contributed by atoms with Gasteiger partial charge in [0.05, 0.1) is 22.2 Å². The lowest BCUT2D eigenvalue weighted by Crippen LogP contribution is -2.35. The van der Waals surface area contributed by atoms with Crippen molar-refractivity contribution in [3.63, 3.8) is 0 Å². The van der Waals surface area contributed by atoms with Crippen LogP contribution in [0.5, 0.6) is 5.75 Å². The Kier molecular flexibility index (Phi) is 5.51. The Bertz CT molecular complexity index is 442. The van der Waals surface area contributed by atoms with Gasteiger partial charge in [-0.1, -0.05) is 0 Å². The molecular weight excluding hydrogens is 386 g/mol. The summed E-state index contributed by atoms with van der Waals surface area (Å²) >= 11 is 7.20. The predicted molar refractivity (Wildman–Crippen MR) is 88.3 cm³/mol. The SMILES string of the molecule is CC(C)(C)NCc1cc(Br)c(OC2CCOC2)c(Br)c1. The zero-order valence-electron chi connectivity index (χ0n) is 12.1. The molecule has 2 rings (SSSR count). The lowest BCUT2D eigenvalue weighted by molar-refractivity contribution is 0.140. The standard InChI is InChI=1S/C15H21Br2NO2/c1-15(2,3)18-8-10-6-12(16)14(13(17)7-10)20-11-4-5-19-9-11/h6-7,11,18H,4-5,8-9H2,1-3H3. The van der Waals surface area contributed by atoms with Gasteiger partial charge in [-0.15, -0.1) is 0 Å². The van der Waals surface area contributed by atoms with Crippen LogP contribution in [0, 0.1) is 0 Å². The van der Waals surface area contributed by atoms with E-state index in [4.69, 9.17) is 9.47 Å². The van der Waals surface area contributed by atoms with Crippen molar-refractivity contribution in [2.75, 3.05) is 13.2 Å². The van der Waals surface area contributed by atoms with Crippen molar-refractivity contribution in [1.29, 1.82) is 0 Å². The normalized spacial score (nSPS) is 19.4. The van der Waals surface area contributed by atoms with Gasteiger partial charge in [0.25, 0.3) is 0 Å². The van der Waals surface area contributed by atoms with E-state index in [-0.39, 0.29) is 11.6 Å². The Labute approximate surface area is 137 Å². The van der Waals surface area contributed by atoms with E-state index < -0.39 is 0 Å². The first kappa shape index (κ1) is 16.3. The second-order valence-electron chi connectivity index (χ2n) is 6.10. The molecule has 1 atom stereocenters. The highest BCUT2D eigenvalue weighted by molar-refractivity contribution is 9.11. The van der Waals surface area contributed by atoms with Gasteiger partial charge >= 0.3 is 0 Å². The average molecular weight is 407 g/mol. The van der Waals surface area contributed by atoms with Crippen molar-refractivity contribution in [2.45, 2.75) is 45.4 Å². The Balaban J connectivity index is 2.07. The van der Waals surface area contributed by atoms with Gasteiger partial charge in [0.15, 0.2) is 0 Å². The average Bonchev–Trinajstić information content (AvgIpc) is 2.83. The predicted octanol–water partition coefficient (Wildman–Crippen LogP) is 4.27. The minimum atomic E-state index is 0.106. The third-order valence-electron chi connectivity index (χ3n) is 3.05. The fraction of sp³-hybridized carbons (Fsp3) is 0.600. The second-order valence-corrected chi connectivity index (χ2v) is 7.80. The van der Waals surface area contributed by atoms with Crippen LogP contribution < -0.4 is 10.1 Å². The second kappa shape index (κ2) is 6.77. The molecule has 1 heterocycles. The molecule has 112 valence electrons. The van der Waals surface area contributed by atoms with Crippen LogP contribution in [-0.4, -0.2) is 24.9 Å². The first-order valence-electron chi connectivity index (χ1n) is 6.82. The van der Waals surface area contributed by atoms with Gasteiger partial charge < -0.3 is 14.8 Å². The van der Waals surface area contributed by atoms with Crippen molar-refractivity contribution < 1.29 is 9.47 Å². The highest BCUT2D eigenvalue weighted by Gasteiger charge is 2.20. The highest BCUT2D eigenvalue weighted by atomic mass is 79.9. The van der Waals surface area contributed by atoms with Crippen LogP contribution in [0.3, 0.4) is 0 Å². The molecule has 1 aromatic rings. The molecule has 1 aromatic carbocycles. The van der Waals surface area contributed by atoms with E-state index in [0.717, 1.165) is 34.3 Å². The number of hydrogen-bond donors (Lipinski definition) is 1. The van der Waals surface area contributed by atoms with Crippen molar-refractivity contribution in [3.05, 3.63) is 26.6 Å². The Hall–Kier alpha value is -0.100. The summed E-state index contributed by atoms with van der Waals surface area (Å²) in [5.74, 6) is 0.861. The Morgan fingerprint density at radius 3 is 2.45 bits per heavy atom. The first-order valence-corrected chi connectivity index (χ1v) is 8.41. The number of halogens is 2. The molecule has 20 heavy (non-hydrogen) atoms. The summed E-state index contributed by atoms with van der Waals surface area (Å²) in [6.45, 7) is 8.77. The molecule has 1 N–H and O–H groups in total. The topological polar surface area (TPSA) is 30.5 Å². The maximum atomic E-state index is 6.00. The third-order valence-corrected chi connectivity index (χ3v) is 4.23. The van der Waals surface area contributed by atoms with Crippen molar-refractivity contribution in [2.24, 2.45) is 0 Å². The molecule has 1 saturated heterocycles. The summed E-state index contributed by atoms with van der Waals surface area (Å²) < 4.78 is 13.3. The van der Waals surface area contributed by atoms with Crippen LogP contribution in [0.1, 0.15) is 32.8 Å². The molecular formula is C15H21Br2NO2. The van der Waals surface area contributed by atoms with Crippen LogP contribution in [0.4, 0.5) is 0 Å². The molecule has 1 unspecified atom stereocenters. The smallest absolute Gasteiger partial charge is 0.148 e. The molecule has 1 fully saturated rings. The first-order chi connectivity index (χ1) is 9.35. The fourth-order valence-corrected chi connectivity index (χ4v) is 3.43. The monoisotopic (exact) mass is 405 g/mol. The van der Waals surface area contributed by atoms with Gasteiger partial charge in [-0.25, -0.2) is 0 Å². The minimum absolute atomic E-state index is 0.106. The maximum Gasteiger partial charge on any atom is 0.148 e. The maximum absolute atomic E-state index is 6.00. The Morgan fingerprint density at radius 2 is 1.95 bits per heavy atom. The van der Waals surface area contributed by atoms with Crippen molar-refractivity contribution in [3.8, 4) is 5.75 Å². The van der Waals surface area contributed by atoms with E-state index in [9.17, 15) is 0 Å². The van der Waals surface area contributed by atoms with E-state index in [2.05, 4.69) is 70.1 Å². The molecule has 0 radical (unpaired) electrons. The number of nitrogens with one attached hydrogen (secondary N) is 1. The van der Waals surface area contributed by atoms with Crippen LogP contribution in [-0.2, 0) is 11.3 Å². The Morgan fingerprint density at radius 1 is 1.30 bits per heavy atom. The zero-order valence-corrected chi connectivity index (χ0v) is 15.3. The summed E-state index contributed by atoms with van der Waals surface area (Å²) in [5, 5.41) is 3.48. The fourth-order valence-electron chi connectivity index (χ4n) is 1.97. The molecule has 3 nitrogen and oxygen atoms in total. The summed E-state index contributed by atoms with van der Waals surface area (Å²) in [5.41, 5.74) is 1.32. The van der Waals surface area contributed by atoms with Crippen molar-refractivity contribution in [1.82, 2.24) is 5.32 Å². The largest absolute Gasteiger partial charge is 0.486 e. The van der Waals surface area contributed by atoms with E-state index in [1.54, 1.807) is 0 Å². The molecule has 0 amide bonds. The molecule has 5 heteroatoms. The molecule has 1 aliphatic rings. The van der Waals surface area contributed by atoms with E-state index in [1.165, 1.54) is 5.56 Å². The van der Waals surface area contributed by atoms with Gasteiger partial charge in [-0.05, 0) is 70.3 Å². The quantitative estimate of drug-likeness (QED) is 0.809. The molecule has 0 aromatic heterocycles. The van der Waals surface area contributed by atoms with Crippen LogP contribution >= 0.6 is 31.9 Å². The minimum Gasteiger partial charge on any atom is -0.486 e. The van der Waals surface area contributed by atoms with Gasteiger partial charge in [0.2, 0.25) is 0 Å². The van der Waals surface area contributed by atoms with Gasteiger partial charge in [0.1, 0.15) is 11.9 Å². The number of benzene rings is 1. The number of ether oxygens (including phenoxy) is 2. The third kappa shape index (κ3) is 4.72. The van der Waals surface area contributed by atoms with E-state index in [1.807, 2.05) is 0 Å². The summed E-state index contributed by atoms with van der Waals surface area (Å²) in [4.78, 5) is 0. The molecule has 0 saturated carbocycles. The van der Waals surface area contributed by atoms with Crippen molar-refractivity contribution >= 4 is 31.9 Å².